The van der Waals surface area contributed by atoms with Crippen LogP contribution in [-0.2, 0) is 6.54 Å². The van der Waals surface area contributed by atoms with Gasteiger partial charge >= 0.3 is 0 Å². The second-order valence-electron chi connectivity index (χ2n) is 3.63. The van der Waals surface area contributed by atoms with Crippen molar-refractivity contribution in [1.29, 1.82) is 0 Å². The van der Waals surface area contributed by atoms with Gasteiger partial charge in [0.15, 0.2) is 0 Å². The van der Waals surface area contributed by atoms with Crippen LogP contribution in [0.3, 0.4) is 0 Å². The number of nitrogens with zero attached hydrogens (tertiary/aromatic N) is 1. The summed E-state index contributed by atoms with van der Waals surface area (Å²) in [5.74, 6) is 0.906. The van der Waals surface area contributed by atoms with Crippen LogP contribution in [0.1, 0.15) is 12.6 Å². The van der Waals surface area contributed by atoms with Crippen molar-refractivity contribution in [2.24, 2.45) is 0 Å². The third-order valence-corrected chi connectivity index (χ3v) is 3.26. The number of hydrogen-bond donors (Lipinski definition) is 1. The summed E-state index contributed by atoms with van der Waals surface area (Å²) >= 11 is 1.67. The Morgan fingerprint density at radius 3 is 2.71 bits per heavy atom. The molecule has 17 heavy (non-hydrogen) atoms. The van der Waals surface area contributed by atoms with E-state index in [0.717, 1.165) is 28.6 Å². The summed E-state index contributed by atoms with van der Waals surface area (Å²) in [5, 5.41) is 6.24. The van der Waals surface area contributed by atoms with Gasteiger partial charge in [0.2, 0.25) is 0 Å². The van der Waals surface area contributed by atoms with Gasteiger partial charge in [-0.25, -0.2) is 4.98 Å². The van der Waals surface area contributed by atoms with Crippen molar-refractivity contribution in [1.82, 2.24) is 10.3 Å². The highest BCUT2D eigenvalue weighted by molar-refractivity contribution is 7.13. The number of aromatic nitrogens is 1. The van der Waals surface area contributed by atoms with Crippen molar-refractivity contribution in [3.05, 3.63) is 35.3 Å². The van der Waals surface area contributed by atoms with E-state index < -0.39 is 0 Å². The van der Waals surface area contributed by atoms with E-state index in [-0.39, 0.29) is 0 Å². The molecule has 0 saturated heterocycles. The monoisotopic (exact) mass is 248 g/mol. The lowest BCUT2D eigenvalue weighted by Crippen LogP contribution is -2.04. The predicted octanol–water partition coefficient (Wildman–Crippen LogP) is 2.93. The molecule has 0 fully saturated rings. The SMILES string of the molecule is CCOc1ccc(-c2nc(CNC)cs2)cc1. The molecular formula is C13H16N2OS. The molecule has 2 rings (SSSR count). The molecule has 0 spiro atoms. The normalized spacial score (nSPS) is 10.5. The second-order valence-corrected chi connectivity index (χ2v) is 4.49. The lowest BCUT2D eigenvalue weighted by Gasteiger charge is -2.02. The molecule has 0 saturated carbocycles. The predicted molar refractivity (Wildman–Crippen MR) is 71.5 cm³/mol. The van der Waals surface area contributed by atoms with Crippen molar-refractivity contribution < 1.29 is 4.74 Å². The minimum atomic E-state index is 0.697. The highest BCUT2D eigenvalue weighted by Crippen LogP contribution is 2.25. The topological polar surface area (TPSA) is 34.1 Å². The highest BCUT2D eigenvalue weighted by atomic mass is 32.1. The van der Waals surface area contributed by atoms with Crippen LogP contribution in [0.15, 0.2) is 29.6 Å². The van der Waals surface area contributed by atoms with Crippen molar-refractivity contribution in [2.45, 2.75) is 13.5 Å². The first kappa shape index (κ1) is 12.1. The quantitative estimate of drug-likeness (QED) is 0.883. The molecule has 0 atom stereocenters. The Labute approximate surface area is 105 Å². The highest BCUT2D eigenvalue weighted by Gasteiger charge is 2.04. The summed E-state index contributed by atoms with van der Waals surface area (Å²) < 4.78 is 5.41. The molecular weight excluding hydrogens is 232 g/mol. The van der Waals surface area contributed by atoms with E-state index in [4.69, 9.17) is 4.74 Å². The van der Waals surface area contributed by atoms with Gasteiger partial charge in [0.25, 0.3) is 0 Å². The first-order valence-electron chi connectivity index (χ1n) is 5.65. The number of hydrogen-bond acceptors (Lipinski definition) is 4. The largest absolute Gasteiger partial charge is 0.494 e. The Morgan fingerprint density at radius 1 is 1.29 bits per heavy atom. The molecule has 0 unspecified atom stereocenters. The maximum atomic E-state index is 5.41. The number of nitrogens with one attached hydrogen (secondary N) is 1. The molecule has 1 heterocycles. The van der Waals surface area contributed by atoms with Gasteiger partial charge in [0.05, 0.1) is 12.3 Å². The van der Waals surface area contributed by atoms with Crippen molar-refractivity contribution in [3.8, 4) is 16.3 Å². The molecule has 90 valence electrons. The van der Waals surface area contributed by atoms with Crippen LogP contribution < -0.4 is 10.1 Å². The Bertz CT molecular complexity index is 465. The van der Waals surface area contributed by atoms with E-state index >= 15 is 0 Å². The number of benzene rings is 1. The van der Waals surface area contributed by atoms with E-state index in [2.05, 4.69) is 15.7 Å². The van der Waals surface area contributed by atoms with Gasteiger partial charge in [-0.15, -0.1) is 11.3 Å². The molecule has 0 amide bonds. The Balaban J connectivity index is 2.15. The van der Waals surface area contributed by atoms with Crippen molar-refractivity contribution in [2.75, 3.05) is 13.7 Å². The number of rotatable bonds is 5. The standard InChI is InChI=1S/C13H16N2OS/c1-3-16-12-6-4-10(5-7-12)13-15-11(8-14-2)9-17-13/h4-7,9,14H,3,8H2,1-2H3. The van der Waals surface area contributed by atoms with E-state index in [1.165, 1.54) is 0 Å². The van der Waals surface area contributed by atoms with Gasteiger partial charge in [-0.2, -0.15) is 0 Å². The molecule has 0 aliphatic heterocycles. The van der Waals surface area contributed by atoms with E-state index in [1.807, 2.05) is 38.2 Å². The van der Waals surface area contributed by atoms with Crippen LogP contribution in [0.25, 0.3) is 10.6 Å². The molecule has 1 aromatic carbocycles. The van der Waals surface area contributed by atoms with Crippen LogP contribution in [0.2, 0.25) is 0 Å². The first-order chi connectivity index (χ1) is 8.33. The average Bonchev–Trinajstić information content (AvgIpc) is 2.80. The van der Waals surface area contributed by atoms with Crippen LogP contribution in [0.4, 0.5) is 0 Å². The summed E-state index contributed by atoms with van der Waals surface area (Å²) in [6, 6.07) is 8.07. The average molecular weight is 248 g/mol. The van der Waals surface area contributed by atoms with Crippen LogP contribution in [-0.4, -0.2) is 18.6 Å². The van der Waals surface area contributed by atoms with Gasteiger partial charge in [0.1, 0.15) is 10.8 Å². The smallest absolute Gasteiger partial charge is 0.123 e. The molecule has 0 bridgehead atoms. The van der Waals surface area contributed by atoms with E-state index in [1.54, 1.807) is 11.3 Å². The minimum absolute atomic E-state index is 0.697. The van der Waals surface area contributed by atoms with E-state index in [9.17, 15) is 0 Å². The van der Waals surface area contributed by atoms with Gasteiger partial charge < -0.3 is 10.1 Å². The molecule has 1 aromatic heterocycles. The molecule has 3 nitrogen and oxygen atoms in total. The molecule has 1 N–H and O–H groups in total. The van der Waals surface area contributed by atoms with Gasteiger partial charge in [0, 0.05) is 17.5 Å². The fourth-order valence-corrected chi connectivity index (χ4v) is 2.39. The summed E-state index contributed by atoms with van der Waals surface area (Å²) in [6.07, 6.45) is 0. The van der Waals surface area contributed by atoms with Gasteiger partial charge in [-0.05, 0) is 38.2 Å². The van der Waals surface area contributed by atoms with Crippen LogP contribution in [0, 0.1) is 0 Å². The summed E-state index contributed by atoms with van der Waals surface area (Å²) in [7, 11) is 1.93. The zero-order chi connectivity index (χ0) is 12.1. The second kappa shape index (κ2) is 5.80. The lowest BCUT2D eigenvalue weighted by atomic mass is 10.2. The van der Waals surface area contributed by atoms with Crippen molar-refractivity contribution in [3.63, 3.8) is 0 Å². The Hall–Kier alpha value is -1.39. The van der Waals surface area contributed by atoms with Crippen LogP contribution >= 0.6 is 11.3 Å². The summed E-state index contributed by atoms with van der Waals surface area (Å²) in [5.41, 5.74) is 2.22. The molecule has 0 aliphatic carbocycles. The molecule has 4 heteroatoms. The fourth-order valence-electron chi connectivity index (χ4n) is 1.56. The fraction of sp³-hybridized carbons (Fsp3) is 0.308. The summed E-state index contributed by atoms with van der Waals surface area (Å²) in [4.78, 5) is 4.56. The molecule has 0 radical (unpaired) electrons. The van der Waals surface area contributed by atoms with Crippen LogP contribution in [0.5, 0.6) is 5.75 Å². The first-order valence-corrected chi connectivity index (χ1v) is 6.53. The van der Waals surface area contributed by atoms with Crippen molar-refractivity contribution >= 4 is 11.3 Å². The lowest BCUT2D eigenvalue weighted by molar-refractivity contribution is 0.340. The number of ether oxygens (including phenoxy) is 1. The summed E-state index contributed by atoms with van der Waals surface area (Å²) in [6.45, 7) is 3.50. The Morgan fingerprint density at radius 2 is 2.06 bits per heavy atom. The minimum Gasteiger partial charge on any atom is -0.494 e. The third kappa shape index (κ3) is 3.05. The number of thiazole rings is 1. The van der Waals surface area contributed by atoms with Gasteiger partial charge in [-0.1, -0.05) is 0 Å². The maximum absolute atomic E-state index is 5.41. The maximum Gasteiger partial charge on any atom is 0.123 e. The van der Waals surface area contributed by atoms with Gasteiger partial charge in [-0.3, -0.25) is 0 Å². The molecule has 2 aromatic rings. The zero-order valence-corrected chi connectivity index (χ0v) is 10.9. The molecule has 0 aliphatic rings. The Kier molecular flexibility index (Phi) is 4.12. The zero-order valence-electron chi connectivity index (χ0n) is 10.1. The third-order valence-electron chi connectivity index (χ3n) is 2.32. The van der Waals surface area contributed by atoms with E-state index in [0.29, 0.717) is 6.61 Å².